The summed E-state index contributed by atoms with van der Waals surface area (Å²) >= 11 is 0. The number of ether oxygens (including phenoxy) is 2. The average molecular weight is 377 g/mol. The third-order valence-corrected chi connectivity index (χ3v) is 6.70. The van der Waals surface area contributed by atoms with Gasteiger partial charge in [0, 0.05) is 6.07 Å². The fraction of sp³-hybridized carbons (Fsp3) is 0.174. The highest BCUT2D eigenvalue weighted by Gasteiger charge is 2.39. The molecular weight excluding hydrogens is 356 g/mol. The quantitative estimate of drug-likeness (QED) is 0.249. The molecule has 3 aromatic carbocycles. The van der Waals surface area contributed by atoms with Gasteiger partial charge in [0.25, 0.3) is 0 Å². The van der Waals surface area contributed by atoms with Crippen LogP contribution in [-0.4, -0.2) is 12.6 Å². The van der Waals surface area contributed by atoms with Gasteiger partial charge in [0.1, 0.15) is 10.9 Å². The van der Waals surface area contributed by atoms with Gasteiger partial charge in [-0.05, 0) is 42.8 Å². The van der Waals surface area contributed by atoms with E-state index < -0.39 is 0 Å². The number of esters is 1. The number of rotatable bonds is 5. The zero-order valence-electron chi connectivity index (χ0n) is 15.2. The molecule has 0 aromatic heterocycles. The SMILES string of the molecule is CCCCOC(=O)c1ccc2c(c1)Oc1ccccc1[S+]2c1ccccc1. The van der Waals surface area contributed by atoms with Crippen LogP contribution in [0.4, 0.5) is 0 Å². The maximum atomic E-state index is 12.3. The lowest BCUT2D eigenvalue weighted by Gasteiger charge is -2.20. The Morgan fingerprint density at radius 1 is 0.926 bits per heavy atom. The van der Waals surface area contributed by atoms with Gasteiger partial charge in [-0.1, -0.05) is 43.7 Å². The summed E-state index contributed by atoms with van der Waals surface area (Å²) in [6.07, 6.45) is 1.87. The van der Waals surface area contributed by atoms with E-state index in [1.165, 1.54) is 4.90 Å². The second-order valence-electron chi connectivity index (χ2n) is 6.32. The number of fused-ring (bicyclic) bond motifs is 2. The Balaban J connectivity index is 1.73. The molecule has 136 valence electrons. The van der Waals surface area contributed by atoms with Gasteiger partial charge in [-0.25, -0.2) is 4.79 Å². The molecule has 0 radical (unpaired) electrons. The summed E-state index contributed by atoms with van der Waals surface area (Å²) in [7, 11) is -0.263. The van der Waals surface area contributed by atoms with Gasteiger partial charge >= 0.3 is 5.97 Å². The first-order valence-corrected chi connectivity index (χ1v) is 10.4. The lowest BCUT2D eigenvalue weighted by molar-refractivity contribution is 0.0499. The molecule has 0 fully saturated rings. The maximum absolute atomic E-state index is 12.3. The van der Waals surface area contributed by atoms with Gasteiger partial charge in [0.15, 0.2) is 16.4 Å². The largest absolute Gasteiger partial charge is 0.462 e. The standard InChI is InChI=1S/C23H21O3S/c1-2-3-15-25-23(24)17-13-14-22-20(16-17)26-19-11-7-8-12-21(19)27(22)18-9-5-4-6-10-18/h4-14,16H,2-3,15H2,1H3/q+1. The molecule has 3 aromatic rings. The number of benzene rings is 3. The van der Waals surface area contributed by atoms with E-state index in [-0.39, 0.29) is 16.9 Å². The smallest absolute Gasteiger partial charge is 0.338 e. The Morgan fingerprint density at radius 2 is 1.67 bits per heavy atom. The van der Waals surface area contributed by atoms with Crippen molar-refractivity contribution in [3.8, 4) is 11.5 Å². The number of hydrogen-bond donors (Lipinski definition) is 0. The predicted molar refractivity (Wildman–Crippen MR) is 107 cm³/mol. The third kappa shape index (κ3) is 3.58. The van der Waals surface area contributed by atoms with Gasteiger partial charge in [0.05, 0.1) is 12.2 Å². The van der Waals surface area contributed by atoms with E-state index in [1.54, 1.807) is 0 Å². The number of hydrogen-bond acceptors (Lipinski definition) is 3. The highest BCUT2D eigenvalue weighted by atomic mass is 32.2. The molecule has 1 heterocycles. The molecule has 0 aliphatic carbocycles. The summed E-state index contributed by atoms with van der Waals surface area (Å²) in [5.74, 6) is 1.27. The van der Waals surface area contributed by atoms with Gasteiger partial charge < -0.3 is 9.47 Å². The van der Waals surface area contributed by atoms with Gasteiger partial charge in [-0.15, -0.1) is 0 Å². The van der Waals surface area contributed by atoms with Crippen LogP contribution in [0.1, 0.15) is 30.1 Å². The predicted octanol–water partition coefficient (Wildman–Crippen LogP) is 5.84. The van der Waals surface area contributed by atoms with Crippen LogP contribution >= 0.6 is 0 Å². The van der Waals surface area contributed by atoms with Crippen molar-refractivity contribution in [1.82, 2.24) is 0 Å². The molecule has 0 amide bonds. The molecule has 0 saturated heterocycles. The molecule has 1 aliphatic rings. The number of para-hydroxylation sites is 1. The van der Waals surface area contributed by atoms with Crippen LogP contribution in [0.3, 0.4) is 0 Å². The van der Waals surface area contributed by atoms with Crippen LogP contribution in [0, 0.1) is 0 Å². The Hall–Kier alpha value is -2.72. The van der Waals surface area contributed by atoms with Crippen molar-refractivity contribution >= 4 is 16.9 Å². The fourth-order valence-electron chi connectivity index (χ4n) is 3.03. The van der Waals surface area contributed by atoms with Crippen molar-refractivity contribution < 1.29 is 14.3 Å². The monoisotopic (exact) mass is 377 g/mol. The summed E-state index contributed by atoms with van der Waals surface area (Å²) in [5.41, 5.74) is 0.529. The summed E-state index contributed by atoms with van der Waals surface area (Å²) < 4.78 is 11.5. The number of carbonyl (C=O) groups excluding carboxylic acids is 1. The van der Waals surface area contributed by atoms with Crippen LogP contribution < -0.4 is 4.74 Å². The van der Waals surface area contributed by atoms with E-state index in [0.717, 1.165) is 34.1 Å². The Bertz CT molecular complexity index is 953. The summed E-state index contributed by atoms with van der Waals surface area (Å²) in [5, 5.41) is 0. The topological polar surface area (TPSA) is 35.5 Å². The first-order valence-electron chi connectivity index (χ1n) is 9.15. The van der Waals surface area contributed by atoms with E-state index in [0.29, 0.717) is 12.2 Å². The number of unbranched alkanes of at least 4 members (excludes halogenated alkanes) is 1. The van der Waals surface area contributed by atoms with Crippen LogP contribution in [0.15, 0.2) is 87.5 Å². The molecule has 3 nitrogen and oxygen atoms in total. The van der Waals surface area contributed by atoms with Crippen LogP contribution in [0.25, 0.3) is 0 Å². The lowest BCUT2D eigenvalue weighted by Crippen LogP contribution is -2.14. The maximum Gasteiger partial charge on any atom is 0.338 e. The molecule has 1 unspecified atom stereocenters. The highest BCUT2D eigenvalue weighted by molar-refractivity contribution is 7.97. The average Bonchev–Trinajstić information content (AvgIpc) is 2.72. The van der Waals surface area contributed by atoms with Gasteiger partial charge in [-0.2, -0.15) is 0 Å². The second kappa shape index (κ2) is 7.89. The molecule has 0 saturated carbocycles. The fourth-order valence-corrected chi connectivity index (χ4v) is 5.23. The first-order chi connectivity index (χ1) is 13.3. The summed E-state index contributed by atoms with van der Waals surface area (Å²) in [6.45, 7) is 2.52. The molecular formula is C23H21O3S+. The number of carbonyl (C=O) groups is 1. The van der Waals surface area contributed by atoms with Gasteiger partial charge in [0.2, 0.25) is 9.79 Å². The molecule has 4 rings (SSSR count). The normalized spacial score (nSPS) is 14.6. The summed E-state index contributed by atoms with van der Waals surface area (Å²) in [6, 6.07) is 24.2. The van der Waals surface area contributed by atoms with Crippen molar-refractivity contribution in [3.05, 3.63) is 78.4 Å². The van der Waals surface area contributed by atoms with Crippen molar-refractivity contribution in [2.45, 2.75) is 34.5 Å². The minimum atomic E-state index is -0.298. The highest BCUT2D eigenvalue weighted by Crippen LogP contribution is 2.47. The van der Waals surface area contributed by atoms with Gasteiger partial charge in [-0.3, -0.25) is 0 Å². The van der Waals surface area contributed by atoms with Crippen LogP contribution in [0.5, 0.6) is 11.5 Å². The van der Waals surface area contributed by atoms with E-state index in [2.05, 4.69) is 37.3 Å². The van der Waals surface area contributed by atoms with E-state index in [9.17, 15) is 4.79 Å². The zero-order valence-corrected chi connectivity index (χ0v) is 16.0. The third-order valence-electron chi connectivity index (χ3n) is 4.40. The summed E-state index contributed by atoms with van der Waals surface area (Å²) in [4.78, 5) is 15.8. The molecule has 4 heteroatoms. The van der Waals surface area contributed by atoms with E-state index in [4.69, 9.17) is 9.47 Å². The van der Waals surface area contributed by atoms with Crippen LogP contribution in [0.2, 0.25) is 0 Å². The zero-order chi connectivity index (χ0) is 18.6. The lowest BCUT2D eigenvalue weighted by atomic mass is 10.2. The van der Waals surface area contributed by atoms with Crippen molar-refractivity contribution in [1.29, 1.82) is 0 Å². The Morgan fingerprint density at radius 3 is 2.48 bits per heavy atom. The van der Waals surface area contributed by atoms with E-state index in [1.807, 2.05) is 42.5 Å². The van der Waals surface area contributed by atoms with Crippen molar-refractivity contribution in [2.75, 3.05) is 6.61 Å². The Labute approximate surface area is 162 Å². The first kappa shape index (κ1) is 17.7. The molecule has 0 N–H and O–H groups in total. The molecule has 1 atom stereocenters. The minimum absolute atomic E-state index is 0.263. The molecule has 1 aliphatic heterocycles. The molecule has 27 heavy (non-hydrogen) atoms. The van der Waals surface area contributed by atoms with Crippen LogP contribution in [-0.2, 0) is 15.6 Å². The second-order valence-corrected chi connectivity index (χ2v) is 8.28. The Kier molecular flexibility index (Phi) is 5.16. The van der Waals surface area contributed by atoms with E-state index >= 15 is 0 Å². The van der Waals surface area contributed by atoms with Crippen molar-refractivity contribution in [2.24, 2.45) is 0 Å². The molecule has 0 spiro atoms. The van der Waals surface area contributed by atoms with Crippen molar-refractivity contribution in [3.63, 3.8) is 0 Å². The molecule has 0 bridgehead atoms. The minimum Gasteiger partial charge on any atom is -0.462 e.